The van der Waals surface area contributed by atoms with Crippen molar-refractivity contribution in [1.82, 2.24) is 0 Å². The maximum atomic E-state index is 11.0. The van der Waals surface area contributed by atoms with Crippen LogP contribution in [-0.4, -0.2) is 29.4 Å². The van der Waals surface area contributed by atoms with Gasteiger partial charge in [-0.25, -0.2) is 0 Å². The summed E-state index contributed by atoms with van der Waals surface area (Å²) in [5.41, 5.74) is 7.32. The third-order valence-corrected chi connectivity index (χ3v) is 3.30. The van der Waals surface area contributed by atoms with Gasteiger partial charge in [-0.1, -0.05) is 0 Å². The number of methoxy groups -OCH3 is 1. The van der Waals surface area contributed by atoms with Crippen LogP contribution in [0.25, 0.3) is 0 Å². The Labute approximate surface area is 105 Å². The third-order valence-electron chi connectivity index (χ3n) is 2.48. The zero-order valence-corrected chi connectivity index (χ0v) is 11.3. The molecule has 0 aliphatic carbocycles. The van der Waals surface area contributed by atoms with Gasteiger partial charge in [-0.3, -0.25) is 4.21 Å². The molecule has 2 atom stereocenters. The van der Waals surface area contributed by atoms with Crippen molar-refractivity contribution in [2.45, 2.75) is 19.4 Å². The molecule has 2 unspecified atom stereocenters. The number of anilines is 2. The molecule has 0 bridgehead atoms. The Morgan fingerprint density at radius 3 is 2.82 bits per heavy atom. The topological polar surface area (TPSA) is 64.3 Å². The monoisotopic (exact) mass is 256 g/mol. The summed E-state index contributed by atoms with van der Waals surface area (Å²) < 4.78 is 16.1. The number of nitrogen functional groups attached to an aromatic ring is 1. The van der Waals surface area contributed by atoms with Crippen LogP contribution < -0.4 is 15.8 Å². The van der Waals surface area contributed by atoms with Gasteiger partial charge in [0.25, 0.3) is 0 Å². The Bertz CT molecular complexity index is 396. The number of benzene rings is 1. The Morgan fingerprint density at radius 2 is 2.24 bits per heavy atom. The fraction of sp³-hybridized carbons (Fsp3) is 0.500. The van der Waals surface area contributed by atoms with E-state index in [0.717, 1.165) is 12.1 Å². The summed E-state index contributed by atoms with van der Waals surface area (Å²) in [6.45, 7) is 2.07. The summed E-state index contributed by atoms with van der Waals surface area (Å²) in [5.74, 6) is 1.38. The summed E-state index contributed by atoms with van der Waals surface area (Å²) in [5, 5.41) is 3.33. The lowest BCUT2D eigenvalue weighted by Gasteiger charge is -2.15. The van der Waals surface area contributed by atoms with E-state index in [1.807, 2.05) is 18.2 Å². The van der Waals surface area contributed by atoms with Gasteiger partial charge in [0, 0.05) is 40.6 Å². The zero-order valence-electron chi connectivity index (χ0n) is 10.5. The highest BCUT2D eigenvalue weighted by molar-refractivity contribution is 7.84. The predicted octanol–water partition coefficient (Wildman–Crippen LogP) is 1.85. The SMILES string of the molecule is COc1cc(NC(C)CCS(C)=O)ccc1N. The van der Waals surface area contributed by atoms with Crippen LogP contribution in [0.15, 0.2) is 18.2 Å². The summed E-state index contributed by atoms with van der Waals surface area (Å²) in [4.78, 5) is 0. The van der Waals surface area contributed by atoms with Gasteiger partial charge in [-0.15, -0.1) is 0 Å². The largest absolute Gasteiger partial charge is 0.495 e. The molecule has 0 aliphatic heterocycles. The van der Waals surface area contributed by atoms with E-state index in [0.29, 0.717) is 17.2 Å². The lowest BCUT2D eigenvalue weighted by molar-refractivity contribution is 0.417. The third kappa shape index (κ3) is 4.65. The fourth-order valence-corrected chi connectivity index (χ4v) is 2.19. The molecule has 5 heteroatoms. The van der Waals surface area contributed by atoms with Gasteiger partial charge in [-0.05, 0) is 25.5 Å². The summed E-state index contributed by atoms with van der Waals surface area (Å²) >= 11 is 0. The molecule has 0 saturated carbocycles. The molecule has 0 spiro atoms. The highest BCUT2D eigenvalue weighted by atomic mass is 32.2. The first-order valence-electron chi connectivity index (χ1n) is 5.53. The smallest absolute Gasteiger partial charge is 0.143 e. The average molecular weight is 256 g/mol. The lowest BCUT2D eigenvalue weighted by Crippen LogP contribution is -2.17. The minimum atomic E-state index is -0.738. The van der Waals surface area contributed by atoms with E-state index in [9.17, 15) is 4.21 Å². The van der Waals surface area contributed by atoms with Crippen molar-refractivity contribution >= 4 is 22.2 Å². The Balaban J connectivity index is 2.59. The van der Waals surface area contributed by atoms with E-state index in [1.54, 1.807) is 13.4 Å². The minimum Gasteiger partial charge on any atom is -0.495 e. The average Bonchev–Trinajstić information content (AvgIpc) is 2.29. The van der Waals surface area contributed by atoms with Crippen molar-refractivity contribution < 1.29 is 8.95 Å². The molecule has 0 saturated heterocycles. The number of hydrogen-bond donors (Lipinski definition) is 2. The van der Waals surface area contributed by atoms with Crippen molar-refractivity contribution in [3.63, 3.8) is 0 Å². The standard InChI is InChI=1S/C12H20N2O2S/c1-9(6-7-17(3)15)14-10-4-5-11(13)12(8-10)16-2/h4-5,8-9,14H,6-7,13H2,1-3H3. The first-order chi connectivity index (χ1) is 8.02. The van der Waals surface area contributed by atoms with Gasteiger partial charge in [-0.2, -0.15) is 0 Å². The lowest BCUT2D eigenvalue weighted by atomic mass is 10.2. The first kappa shape index (κ1) is 13.8. The fourth-order valence-electron chi connectivity index (χ4n) is 1.50. The quantitative estimate of drug-likeness (QED) is 0.762. The van der Waals surface area contributed by atoms with E-state index in [4.69, 9.17) is 10.5 Å². The minimum absolute atomic E-state index is 0.271. The van der Waals surface area contributed by atoms with E-state index in [1.165, 1.54) is 0 Å². The molecular formula is C12H20N2O2S. The first-order valence-corrected chi connectivity index (χ1v) is 7.25. The molecule has 0 amide bonds. The van der Waals surface area contributed by atoms with Gasteiger partial charge < -0.3 is 15.8 Å². The second kappa shape index (κ2) is 6.49. The van der Waals surface area contributed by atoms with Crippen molar-refractivity contribution in [2.24, 2.45) is 0 Å². The van der Waals surface area contributed by atoms with Crippen LogP contribution in [0.3, 0.4) is 0 Å². The second-order valence-corrected chi connectivity index (χ2v) is 5.62. The molecule has 0 fully saturated rings. The normalized spacial score (nSPS) is 14.1. The van der Waals surface area contributed by atoms with Crippen LogP contribution in [0.5, 0.6) is 5.75 Å². The molecule has 3 N–H and O–H groups in total. The molecule has 0 aromatic heterocycles. The molecule has 4 nitrogen and oxygen atoms in total. The van der Waals surface area contributed by atoms with E-state index < -0.39 is 10.8 Å². The molecule has 1 aromatic carbocycles. The van der Waals surface area contributed by atoms with Crippen LogP contribution in [0.2, 0.25) is 0 Å². The van der Waals surface area contributed by atoms with E-state index in [2.05, 4.69) is 12.2 Å². The van der Waals surface area contributed by atoms with Gasteiger partial charge >= 0.3 is 0 Å². The number of nitrogens with two attached hydrogens (primary N) is 1. The van der Waals surface area contributed by atoms with Crippen LogP contribution in [0.1, 0.15) is 13.3 Å². The molecule has 0 heterocycles. The van der Waals surface area contributed by atoms with Crippen LogP contribution in [0.4, 0.5) is 11.4 Å². The molecule has 0 aliphatic rings. The van der Waals surface area contributed by atoms with Gasteiger partial charge in [0.05, 0.1) is 12.8 Å². The highest BCUT2D eigenvalue weighted by Crippen LogP contribution is 2.25. The van der Waals surface area contributed by atoms with Crippen molar-refractivity contribution in [2.75, 3.05) is 30.2 Å². The Morgan fingerprint density at radius 1 is 1.53 bits per heavy atom. The molecule has 1 rings (SSSR count). The molecule has 17 heavy (non-hydrogen) atoms. The maximum absolute atomic E-state index is 11.0. The van der Waals surface area contributed by atoms with Gasteiger partial charge in [0.1, 0.15) is 5.75 Å². The number of rotatable bonds is 6. The summed E-state index contributed by atoms with van der Waals surface area (Å²) in [7, 11) is 0.858. The van der Waals surface area contributed by atoms with Crippen molar-refractivity contribution in [3.8, 4) is 5.75 Å². The second-order valence-electron chi connectivity index (χ2n) is 4.07. The molecular weight excluding hydrogens is 236 g/mol. The molecule has 1 aromatic rings. The van der Waals surface area contributed by atoms with Gasteiger partial charge in [0.15, 0.2) is 0 Å². The van der Waals surface area contributed by atoms with E-state index >= 15 is 0 Å². The van der Waals surface area contributed by atoms with E-state index in [-0.39, 0.29) is 6.04 Å². The number of nitrogens with one attached hydrogen (secondary N) is 1. The Kier molecular flexibility index (Phi) is 5.28. The summed E-state index contributed by atoms with van der Waals surface area (Å²) in [6.07, 6.45) is 2.59. The predicted molar refractivity (Wildman–Crippen MR) is 74.0 cm³/mol. The molecule has 0 radical (unpaired) electrons. The van der Waals surface area contributed by atoms with Crippen LogP contribution >= 0.6 is 0 Å². The number of hydrogen-bond acceptors (Lipinski definition) is 4. The highest BCUT2D eigenvalue weighted by Gasteiger charge is 2.05. The van der Waals surface area contributed by atoms with Crippen LogP contribution in [-0.2, 0) is 10.8 Å². The van der Waals surface area contributed by atoms with Crippen LogP contribution in [0, 0.1) is 0 Å². The number of ether oxygens (including phenoxy) is 1. The van der Waals surface area contributed by atoms with Crippen molar-refractivity contribution in [1.29, 1.82) is 0 Å². The Hall–Kier alpha value is -1.23. The maximum Gasteiger partial charge on any atom is 0.143 e. The van der Waals surface area contributed by atoms with Crippen molar-refractivity contribution in [3.05, 3.63) is 18.2 Å². The summed E-state index contributed by atoms with van der Waals surface area (Å²) in [6, 6.07) is 5.87. The molecule has 96 valence electrons. The van der Waals surface area contributed by atoms with Gasteiger partial charge in [0.2, 0.25) is 0 Å². The zero-order chi connectivity index (χ0) is 12.8.